The Labute approximate surface area is 189 Å². The SMILES string of the molecule is CC[C@H]1CC[C@H](c2ccc(-c3ccc(C(=O)O)c(F)c3-c3cc(F)c(F)c(F)c3)cc2)CC1. The summed E-state index contributed by atoms with van der Waals surface area (Å²) in [5.41, 5.74) is 0.813. The standard InChI is InChI=1S/C27H24F4O2/c1-2-15-3-5-16(6-4-15)17-7-9-18(10-8-17)20-11-12-21(27(32)33)25(30)24(20)19-13-22(28)26(31)23(29)14-19/h7-16H,2-6H2,1H3,(H,32,33)/t15-,16-. The summed E-state index contributed by atoms with van der Waals surface area (Å²) >= 11 is 0. The van der Waals surface area contributed by atoms with E-state index >= 15 is 4.39 Å². The Morgan fingerprint density at radius 3 is 2.00 bits per heavy atom. The molecule has 0 aliphatic heterocycles. The van der Waals surface area contributed by atoms with Gasteiger partial charge in [0.2, 0.25) is 0 Å². The highest BCUT2D eigenvalue weighted by Crippen LogP contribution is 2.40. The first kappa shape index (κ1) is 23.0. The van der Waals surface area contributed by atoms with Crippen LogP contribution < -0.4 is 0 Å². The number of aromatic carboxylic acids is 1. The van der Waals surface area contributed by atoms with Crippen LogP contribution in [0, 0.1) is 29.2 Å². The van der Waals surface area contributed by atoms with E-state index in [1.54, 1.807) is 12.1 Å². The normalized spacial score (nSPS) is 18.3. The second-order valence-corrected chi connectivity index (χ2v) is 8.66. The van der Waals surface area contributed by atoms with Crippen molar-refractivity contribution in [3.8, 4) is 22.3 Å². The zero-order valence-corrected chi connectivity index (χ0v) is 18.2. The highest BCUT2D eigenvalue weighted by Gasteiger charge is 2.24. The lowest BCUT2D eigenvalue weighted by Gasteiger charge is -2.28. The predicted molar refractivity (Wildman–Crippen MR) is 119 cm³/mol. The van der Waals surface area contributed by atoms with Gasteiger partial charge in [-0.25, -0.2) is 22.4 Å². The van der Waals surface area contributed by atoms with Crippen molar-refractivity contribution in [2.24, 2.45) is 5.92 Å². The van der Waals surface area contributed by atoms with E-state index in [1.807, 2.05) is 12.1 Å². The number of carboxylic acid groups (broad SMARTS) is 1. The Kier molecular flexibility index (Phi) is 6.54. The van der Waals surface area contributed by atoms with Crippen molar-refractivity contribution in [3.05, 3.63) is 82.9 Å². The molecule has 1 saturated carbocycles. The molecule has 0 atom stereocenters. The van der Waals surface area contributed by atoms with Crippen LogP contribution in [0.3, 0.4) is 0 Å². The number of rotatable bonds is 5. The third-order valence-electron chi connectivity index (χ3n) is 6.76. The monoisotopic (exact) mass is 456 g/mol. The lowest BCUT2D eigenvalue weighted by molar-refractivity contribution is 0.0692. The van der Waals surface area contributed by atoms with E-state index in [9.17, 15) is 23.1 Å². The fourth-order valence-corrected chi connectivity index (χ4v) is 4.80. The van der Waals surface area contributed by atoms with Gasteiger partial charge in [0.15, 0.2) is 17.5 Å². The summed E-state index contributed by atoms with van der Waals surface area (Å²) in [5.74, 6) is -6.04. The first-order valence-corrected chi connectivity index (χ1v) is 11.1. The third kappa shape index (κ3) is 4.52. The van der Waals surface area contributed by atoms with E-state index in [0.29, 0.717) is 23.6 Å². The van der Waals surface area contributed by atoms with E-state index in [4.69, 9.17) is 0 Å². The zero-order valence-electron chi connectivity index (χ0n) is 18.2. The van der Waals surface area contributed by atoms with Crippen molar-refractivity contribution in [2.75, 3.05) is 0 Å². The van der Waals surface area contributed by atoms with Crippen LogP contribution in [-0.4, -0.2) is 11.1 Å². The van der Waals surface area contributed by atoms with Crippen molar-refractivity contribution in [2.45, 2.75) is 44.9 Å². The van der Waals surface area contributed by atoms with E-state index in [1.165, 1.54) is 30.9 Å². The average Bonchev–Trinajstić information content (AvgIpc) is 2.82. The lowest BCUT2D eigenvalue weighted by Crippen LogP contribution is -2.12. The van der Waals surface area contributed by atoms with Crippen LogP contribution in [0.5, 0.6) is 0 Å². The van der Waals surface area contributed by atoms with Gasteiger partial charge in [-0.3, -0.25) is 0 Å². The molecule has 0 amide bonds. The van der Waals surface area contributed by atoms with E-state index in [2.05, 4.69) is 6.92 Å². The Morgan fingerprint density at radius 1 is 0.848 bits per heavy atom. The van der Waals surface area contributed by atoms with E-state index < -0.39 is 34.8 Å². The number of halogens is 4. The molecular formula is C27H24F4O2. The Morgan fingerprint density at radius 2 is 1.45 bits per heavy atom. The van der Waals surface area contributed by atoms with Crippen LogP contribution in [0.25, 0.3) is 22.3 Å². The van der Waals surface area contributed by atoms with Crippen molar-refractivity contribution < 1.29 is 27.5 Å². The average molecular weight is 456 g/mol. The summed E-state index contributed by atoms with van der Waals surface area (Å²) in [6.07, 6.45) is 5.79. The quantitative estimate of drug-likeness (QED) is 0.312. The molecule has 1 aliphatic rings. The van der Waals surface area contributed by atoms with Crippen molar-refractivity contribution >= 4 is 5.97 Å². The van der Waals surface area contributed by atoms with Gasteiger partial charge in [0, 0.05) is 5.56 Å². The number of hydrogen-bond donors (Lipinski definition) is 1. The maximum Gasteiger partial charge on any atom is 0.338 e. The molecule has 0 radical (unpaired) electrons. The highest BCUT2D eigenvalue weighted by molar-refractivity contribution is 5.94. The minimum absolute atomic E-state index is 0.268. The topological polar surface area (TPSA) is 37.3 Å². The molecule has 1 N–H and O–H groups in total. The molecule has 3 aromatic rings. The highest BCUT2D eigenvalue weighted by atomic mass is 19.2. The largest absolute Gasteiger partial charge is 0.478 e. The smallest absolute Gasteiger partial charge is 0.338 e. The summed E-state index contributed by atoms with van der Waals surface area (Å²) in [6, 6.07) is 11.4. The molecule has 0 spiro atoms. The van der Waals surface area contributed by atoms with Gasteiger partial charge in [0.25, 0.3) is 0 Å². The van der Waals surface area contributed by atoms with Gasteiger partial charge >= 0.3 is 5.97 Å². The molecule has 6 heteroatoms. The molecule has 33 heavy (non-hydrogen) atoms. The molecule has 4 rings (SSSR count). The van der Waals surface area contributed by atoms with Gasteiger partial charge < -0.3 is 5.11 Å². The summed E-state index contributed by atoms with van der Waals surface area (Å²) in [6.45, 7) is 2.21. The lowest BCUT2D eigenvalue weighted by atomic mass is 9.77. The molecule has 0 saturated heterocycles. The fourth-order valence-electron chi connectivity index (χ4n) is 4.80. The maximum atomic E-state index is 15.2. The minimum Gasteiger partial charge on any atom is -0.478 e. The number of benzene rings is 3. The van der Waals surface area contributed by atoms with Crippen molar-refractivity contribution in [3.63, 3.8) is 0 Å². The van der Waals surface area contributed by atoms with Crippen LogP contribution in [0.4, 0.5) is 17.6 Å². The molecule has 1 aliphatic carbocycles. The molecule has 3 aromatic carbocycles. The summed E-state index contributed by atoms with van der Waals surface area (Å²) in [5, 5.41) is 9.32. The molecule has 0 bridgehead atoms. The summed E-state index contributed by atoms with van der Waals surface area (Å²) in [7, 11) is 0. The summed E-state index contributed by atoms with van der Waals surface area (Å²) in [4.78, 5) is 11.5. The maximum absolute atomic E-state index is 15.2. The molecule has 0 unspecified atom stereocenters. The van der Waals surface area contributed by atoms with Gasteiger partial charge in [-0.15, -0.1) is 0 Å². The molecule has 172 valence electrons. The number of carboxylic acids is 1. The van der Waals surface area contributed by atoms with Crippen molar-refractivity contribution in [1.82, 2.24) is 0 Å². The molecule has 0 heterocycles. The van der Waals surface area contributed by atoms with Crippen LogP contribution in [-0.2, 0) is 0 Å². The fraction of sp³-hybridized carbons (Fsp3) is 0.296. The van der Waals surface area contributed by atoms with E-state index in [0.717, 1.165) is 24.8 Å². The van der Waals surface area contributed by atoms with Gasteiger partial charge in [-0.2, -0.15) is 0 Å². The van der Waals surface area contributed by atoms with Crippen LogP contribution in [0.15, 0.2) is 48.5 Å². The first-order chi connectivity index (χ1) is 15.8. The van der Waals surface area contributed by atoms with Crippen molar-refractivity contribution in [1.29, 1.82) is 0 Å². The molecular weight excluding hydrogens is 432 g/mol. The predicted octanol–water partition coefficient (Wildman–Crippen LogP) is 7.96. The Hall–Kier alpha value is -3.15. The molecule has 0 aromatic heterocycles. The zero-order chi connectivity index (χ0) is 23.7. The Bertz CT molecular complexity index is 1160. The Balaban J connectivity index is 1.77. The third-order valence-corrected chi connectivity index (χ3v) is 6.76. The first-order valence-electron chi connectivity index (χ1n) is 11.1. The van der Waals surface area contributed by atoms with Crippen LogP contribution in [0.2, 0.25) is 0 Å². The van der Waals surface area contributed by atoms with Crippen LogP contribution in [0.1, 0.15) is 60.9 Å². The summed E-state index contributed by atoms with van der Waals surface area (Å²) < 4.78 is 56.5. The van der Waals surface area contributed by atoms with E-state index in [-0.39, 0.29) is 16.7 Å². The molecule has 1 fully saturated rings. The number of hydrogen-bond acceptors (Lipinski definition) is 1. The van der Waals surface area contributed by atoms with Crippen LogP contribution >= 0.6 is 0 Å². The second kappa shape index (κ2) is 9.38. The van der Waals surface area contributed by atoms with Gasteiger partial charge in [0.1, 0.15) is 5.82 Å². The van der Waals surface area contributed by atoms with Gasteiger partial charge in [0.05, 0.1) is 5.56 Å². The van der Waals surface area contributed by atoms with Gasteiger partial charge in [-0.05, 0) is 78.0 Å². The second-order valence-electron chi connectivity index (χ2n) is 8.66. The minimum atomic E-state index is -1.67. The van der Waals surface area contributed by atoms with Gasteiger partial charge in [-0.1, -0.05) is 43.7 Å². The number of carbonyl (C=O) groups is 1. The molecule has 2 nitrogen and oxygen atoms in total.